The predicted molar refractivity (Wildman–Crippen MR) is 68.9 cm³/mol. The van der Waals surface area contributed by atoms with E-state index in [4.69, 9.17) is 4.42 Å². The minimum atomic E-state index is 0.347. The van der Waals surface area contributed by atoms with E-state index in [2.05, 4.69) is 0 Å². The number of nitrogens with zero attached hydrogens (tertiary/aromatic N) is 1. The lowest BCUT2D eigenvalue weighted by atomic mass is 10.1. The molecule has 0 aliphatic rings. The summed E-state index contributed by atoms with van der Waals surface area (Å²) in [4.78, 5) is 10.6. The van der Waals surface area contributed by atoms with Crippen LogP contribution in [0.15, 0.2) is 65.3 Å². The monoisotopic (exact) mass is 237 g/mol. The van der Waals surface area contributed by atoms with E-state index in [1.165, 1.54) is 0 Å². The van der Waals surface area contributed by atoms with E-state index in [9.17, 15) is 4.79 Å². The molecule has 0 aliphatic carbocycles. The largest absolute Gasteiger partial charge is 0.453 e. The van der Waals surface area contributed by atoms with E-state index in [1.807, 2.05) is 53.4 Å². The quantitative estimate of drug-likeness (QED) is 0.653. The molecule has 0 saturated carbocycles. The van der Waals surface area contributed by atoms with Crippen LogP contribution < -0.4 is 0 Å². The molecule has 0 radical (unpaired) electrons. The van der Waals surface area contributed by atoms with Crippen LogP contribution in [-0.4, -0.2) is 10.9 Å². The van der Waals surface area contributed by atoms with Crippen molar-refractivity contribution in [2.45, 2.75) is 0 Å². The summed E-state index contributed by atoms with van der Waals surface area (Å²) < 4.78 is 7.41. The van der Waals surface area contributed by atoms with E-state index in [-0.39, 0.29) is 0 Å². The summed E-state index contributed by atoms with van der Waals surface area (Å²) in [6.07, 6.45) is 4.69. The topological polar surface area (TPSA) is 35.1 Å². The molecular formula is C15H11NO2. The molecule has 0 atom stereocenters. The van der Waals surface area contributed by atoms with Crippen molar-refractivity contribution in [3.8, 4) is 17.0 Å². The molecule has 18 heavy (non-hydrogen) atoms. The van der Waals surface area contributed by atoms with Crippen molar-refractivity contribution in [1.82, 2.24) is 4.57 Å². The molecule has 1 aromatic carbocycles. The number of aromatic nitrogens is 1. The molecule has 0 fully saturated rings. The molecule has 3 rings (SSSR count). The van der Waals surface area contributed by atoms with Crippen LogP contribution in [0.25, 0.3) is 17.0 Å². The lowest BCUT2D eigenvalue weighted by Crippen LogP contribution is -1.88. The van der Waals surface area contributed by atoms with Gasteiger partial charge < -0.3 is 8.98 Å². The molecule has 3 aromatic rings. The van der Waals surface area contributed by atoms with Gasteiger partial charge in [0, 0.05) is 23.6 Å². The second-order valence-corrected chi connectivity index (χ2v) is 3.96. The van der Waals surface area contributed by atoms with Crippen LogP contribution in [-0.2, 0) is 0 Å². The van der Waals surface area contributed by atoms with Crippen molar-refractivity contribution in [3.05, 3.63) is 66.7 Å². The van der Waals surface area contributed by atoms with Crippen molar-refractivity contribution in [2.24, 2.45) is 0 Å². The first kappa shape index (κ1) is 10.6. The van der Waals surface area contributed by atoms with Crippen LogP contribution in [0.2, 0.25) is 0 Å². The third-order valence-corrected chi connectivity index (χ3v) is 2.80. The van der Waals surface area contributed by atoms with Gasteiger partial charge in [-0.15, -0.1) is 0 Å². The number of rotatable bonds is 3. The third kappa shape index (κ3) is 1.86. The minimum absolute atomic E-state index is 0.347. The number of carbonyl (C=O) groups excluding carboxylic acids is 1. The Balaban J connectivity index is 1.93. The summed E-state index contributed by atoms with van der Waals surface area (Å²) in [5.74, 6) is 1.05. The van der Waals surface area contributed by atoms with E-state index in [1.54, 1.807) is 12.1 Å². The van der Waals surface area contributed by atoms with Gasteiger partial charge in [0.2, 0.25) is 0 Å². The fraction of sp³-hybridized carbons (Fsp3) is 0. The summed E-state index contributed by atoms with van der Waals surface area (Å²) in [7, 11) is 0. The van der Waals surface area contributed by atoms with Crippen molar-refractivity contribution in [1.29, 1.82) is 0 Å². The Morgan fingerprint density at radius 1 is 0.944 bits per heavy atom. The second kappa shape index (κ2) is 4.37. The van der Waals surface area contributed by atoms with Crippen LogP contribution in [0.1, 0.15) is 10.6 Å². The number of benzene rings is 1. The highest BCUT2D eigenvalue weighted by molar-refractivity contribution is 5.72. The maximum atomic E-state index is 10.6. The fourth-order valence-corrected chi connectivity index (χ4v) is 1.88. The maximum Gasteiger partial charge on any atom is 0.185 e. The maximum absolute atomic E-state index is 10.6. The van der Waals surface area contributed by atoms with E-state index in [0.717, 1.165) is 11.3 Å². The molecule has 3 nitrogen and oxygen atoms in total. The second-order valence-electron chi connectivity index (χ2n) is 3.96. The van der Waals surface area contributed by atoms with Crippen molar-refractivity contribution in [3.63, 3.8) is 0 Å². The highest BCUT2D eigenvalue weighted by Gasteiger charge is 2.04. The molecule has 3 heteroatoms. The van der Waals surface area contributed by atoms with Crippen LogP contribution >= 0.6 is 0 Å². The van der Waals surface area contributed by atoms with Gasteiger partial charge in [-0.3, -0.25) is 4.79 Å². The van der Waals surface area contributed by atoms with Gasteiger partial charge in [0.1, 0.15) is 5.76 Å². The molecule has 2 aromatic heterocycles. The smallest absolute Gasteiger partial charge is 0.185 e. The molecule has 88 valence electrons. The summed E-state index contributed by atoms with van der Waals surface area (Å²) in [6, 6.07) is 15.4. The molecule has 0 N–H and O–H groups in total. The van der Waals surface area contributed by atoms with E-state index < -0.39 is 0 Å². The summed E-state index contributed by atoms with van der Waals surface area (Å²) in [5, 5.41) is 0. The highest BCUT2D eigenvalue weighted by atomic mass is 16.3. The Morgan fingerprint density at radius 2 is 1.67 bits per heavy atom. The average molecular weight is 237 g/mol. The Hall–Kier alpha value is -2.55. The number of hydrogen-bond acceptors (Lipinski definition) is 2. The van der Waals surface area contributed by atoms with Crippen LogP contribution in [0.3, 0.4) is 0 Å². The van der Waals surface area contributed by atoms with Crippen molar-refractivity contribution >= 4 is 6.29 Å². The SMILES string of the molecule is O=Cc1ccc(-c2ccc(-n3cccc3)cc2)o1. The Morgan fingerprint density at radius 3 is 2.28 bits per heavy atom. The normalized spacial score (nSPS) is 10.4. The van der Waals surface area contributed by atoms with Gasteiger partial charge in [0.05, 0.1) is 0 Å². The lowest BCUT2D eigenvalue weighted by molar-refractivity contribution is 0.110. The number of furan rings is 1. The number of hydrogen-bond donors (Lipinski definition) is 0. The first-order chi connectivity index (χ1) is 8.86. The van der Waals surface area contributed by atoms with Crippen molar-refractivity contribution < 1.29 is 9.21 Å². The molecule has 0 aliphatic heterocycles. The molecule has 0 saturated heterocycles. The fourth-order valence-electron chi connectivity index (χ4n) is 1.88. The first-order valence-corrected chi connectivity index (χ1v) is 5.65. The Labute approximate surface area is 104 Å². The van der Waals surface area contributed by atoms with Gasteiger partial charge in [-0.2, -0.15) is 0 Å². The van der Waals surface area contributed by atoms with Crippen LogP contribution in [0.5, 0.6) is 0 Å². The molecule has 0 unspecified atom stereocenters. The summed E-state index contributed by atoms with van der Waals surface area (Å²) >= 11 is 0. The Bertz CT molecular complexity index is 648. The molecular weight excluding hydrogens is 226 g/mol. The van der Waals surface area contributed by atoms with Gasteiger partial charge in [-0.1, -0.05) is 0 Å². The molecule has 0 bridgehead atoms. The highest BCUT2D eigenvalue weighted by Crippen LogP contribution is 2.22. The van der Waals surface area contributed by atoms with Crippen LogP contribution in [0, 0.1) is 0 Å². The van der Waals surface area contributed by atoms with E-state index in [0.29, 0.717) is 17.8 Å². The number of aldehydes is 1. The first-order valence-electron chi connectivity index (χ1n) is 5.65. The third-order valence-electron chi connectivity index (χ3n) is 2.80. The van der Waals surface area contributed by atoms with E-state index >= 15 is 0 Å². The molecule has 0 spiro atoms. The van der Waals surface area contributed by atoms with Gasteiger partial charge >= 0.3 is 0 Å². The van der Waals surface area contributed by atoms with Gasteiger partial charge in [0.25, 0.3) is 0 Å². The average Bonchev–Trinajstić information content (AvgIpc) is 3.10. The summed E-state index contributed by atoms with van der Waals surface area (Å²) in [5.41, 5.74) is 2.05. The standard InChI is InChI=1S/C15H11NO2/c17-11-14-7-8-15(18-14)12-3-5-13(6-4-12)16-9-1-2-10-16/h1-11H. The van der Waals surface area contributed by atoms with Crippen LogP contribution in [0.4, 0.5) is 0 Å². The summed E-state index contributed by atoms with van der Waals surface area (Å²) in [6.45, 7) is 0. The van der Waals surface area contributed by atoms with Gasteiger partial charge in [-0.25, -0.2) is 0 Å². The zero-order valence-corrected chi connectivity index (χ0v) is 9.61. The van der Waals surface area contributed by atoms with Gasteiger partial charge in [0.15, 0.2) is 12.0 Å². The predicted octanol–water partition coefficient (Wildman–Crippen LogP) is 3.55. The van der Waals surface area contributed by atoms with Gasteiger partial charge in [-0.05, 0) is 48.5 Å². The lowest BCUT2D eigenvalue weighted by Gasteiger charge is -2.03. The molecule has 2 heterocycles. The zero-order valence-electron chi connectivity index (χ0n) is 9.61. The minimum Gasteiger partial charge on any atom is -0.453 e. The Kier molecular flexibility index (Phi) is 2.57. The van der Waals surface area contributed by atoms with Crippen molar-refractivity contribution in [2.75, 3.05) is 0 Å². The molecule has 0 amide bonds. The zero-order chi connectivity index (χ0) is 12.4. The number of carbonyl (C=O) groups is 1.